The zero-order chi connectivity index (χ0) is 15.3. The van der Waals surface area contributed by atoms with Crippen molar-refractivity contribution in [1.29, 1.82) is 0 Å². The van der Waals surface area contributed by atoms with Gasteiger partial charge in [0.2, 0.25) is 0 Å². The van der Waals surface area contributed by atoms with Crippen molar-refractivity contribution >= 4 is 11.6 Å². The summed E-state index contributed by atoms with van der Waals surface area (Å²) in [6.07, 6.45) is -4.43. The van der Waals surface area contributed by atoms with E-state index in [4.69, 9.17) is 0 Å². The molecule has 0 radical (unpaired) electrons. The van der Waals surface area contributed by atoms with Crippen LogP contribution in [0.4, 0.5) is 24.8 Å². The molecule has 3 N–H and O–H groups in total. The van der Waals surface area contributed by atoms with Crippen LogP contribution >= 0.6 is 0 Å². The lowest BCUT2D eigenvalue weighted by Gasteiger charge is -2.21. The molecule has 0 aliphatic carbocycles. The number of pyridine rings is 1. The molecule has 0 aliphatic heterocycles. The predicted molar refractivity (Wildman–Crippen MR) is 72.7 cm³/mol. The number of aliphatic hydroxyl groups is 1. The summed E-state index contributed by atoms with van der Waals surface area (Å²) in [4.78, 5) is 4.07. The maximum atomic E-state index is 12.8. The van der Waals surface area contributed by atoms with Crippen molar-refractivity contribution in [3.05, 3.63) is 17.7 Å². The Balaban J connectivity index is 3.08. The van der Waals surface area contributed by atoms with Gasteiger partial charge >= 0.3 is 6.18 Å². The second kappa shape index (κ2) is 6.78. The summed E-state index contributed by atoms with van der Waals surface area (Å²) in [5, 5.41) is 14.8. The molecule has 1 atom stereocenters. The van der Waals surface area contributed by atoms with Crippen molar-refractivity contribution in [2.24, 2.45) is 5.92 Å². The van der Waals surface area contributed by atoms with E-state index in [0.29, 0.717) is 6.54 Å². The van der Waals surface area contributed by atoms with Crippen molar-refractivity contribution in [3.8, 4) is 0 Å². The fraction of sp³-hybridized carbons (Fsp3) is 0.615. The van der Waals surface area contributed by atoms with E-state index in [-0.39, 0.29) is 30.2 Å². The van der Waals surface area contributed by atoms with Crippen LogP contribution in [0.25, 0.3) is 0 Å². The Morgan fingerprint density at radius 3 is 2.30 bits per heavy atom. The topological polar surface area (TPSA) is 57.2 Å². The van der Waals surface area contributed by atoms with E-state index in [1.54, 1.807) is 6.92 Å². The Hall–Kier alpha value is -1.50. The van der Waals surface area contributed by atoms with Crippen LogP contribution in [0.5, 0.6) is 0 Å². The van der Waals surface area contributed by atoms with E-state index in [2.05, 4.69) is 15.6 Å². The predicted octanol–water partition coefficient (Wildman–Crippen LogP) is 2.96. The summed E-state index contributed by atoms with van der Waals surface area (Å²) >= 11 is 0. The third kappa shape index (κ3) is 4.56. The van der Waals surface area contributed by atoms with Gasteiger partial charge < -0.3 is 15.7 Å². The van der Waals surface area contributed by atoms with Gasteiger partial charge in [-0.05, 0) is 25.0 Å². The van der Waals surface area contributed by atoms with Crippen molar-refractivity contribution in [2.45, 2.75) is 33.0 Å². The molecule has 0 fully saturated rings. The number of halogens is 3. The third-order valence-electron chi connectivity index (χ3n) is 2.85. The summed E-state index contributed by atoms with van der Waals surface area (Å²) in [6.45, 7) is 5.81. The first kappa shape index (κ1) is 16.6. The van der Waals surface area contributed by atoms with Gasteiger partial charge in [0, 0.05) is 6.54 Å². The minimum Gasteiger partial charge on any atom is -0.394 e. The molecule has 114 valence electrons. The number of rotatable bonds is 6. The quantitative estimate of drug-likeness (QED) is 0.754. The Morgan fingerprint density at radius 2 is 1.85 bits per heavy atom. The second-order valence-corrected chi connectivity index (χ2v) is 4.83. The summed E-state index contributed by atoms with van der Waals surface area (Å²) < 4.78 is 38.5. The normalized spacial score (nSPS) is 13.4. The maximum absolute atomic E-state index is 12.8. The van der Waals surface area contributed by atoms with Gasteiger partial charge in [0.05, 0.1) is 18.2 Å². The van der Waals surface area contributed by atoms with Gasteiger partial charge in [-0.3, -0.25) is 0 Å². The minimum atomic E-state index is -4.43. The Bertz CT molecular complexity index is 435. The van der Waals surface area contributed by atoms with Crippen LogP contribution in [0.15, 0.2) is 12.1 Å². The fourth-order valence-electron chi connectivity index (χ4n) is 1.65. The highest BCUT2D eigenvalue weighted by molar-refractivity contribution is 5.50. The molecule has 1 unspecified atom stereocenters. The lowest BCUT2D eigenvalue weighted by molar-refractivity contribution is -0.137. The van der Waals surface area contributed by atoms with Crippen LogP contribution in [0, 0.1) is 5.92 Å². The summed E-state index contributed by atoms with van der Waals surface area (Å²) in [5.74, 6) is 0.327. The zero-order valence-corrected chi connectivity index (χ0v) is 11.8. The van der Waals surface area contributed by atoms with E-state index < -0.39 is 11.7 Å². The van der Waals surface area contributed by atoms with Crippen molar-refractivity contribution < 1.29 is 18.3 Å². The Labute approximate surface area is 116 Å². The van der Waals surface area contributed by atoms with Gasteiger partial charge in [0.1, 0.15) is 11.6 Å². The number of alkyl halides is 3. The van der Waals surface area contributed by atoms with Gasteiger partial charge in [0.15, 0.2) is 0 Å². The number of aliphatic hydroxyl groups excluding tert-OH is 1. The molecule has 0 saturated heterocycles. The highest BCUT2D eigenvalue weighted by Crippen LogP contribution is 2.32. The average molecular weight is 291 g/mol. The fourth-order valence-corrected chi connectivity index (χ4v) is 1.65. The van der Waals surface area contributed by atoms with E-state index in [0.717, 1.165) is 12.1 Å². The van der Waals surface area contributed by atoms with E-state index >= 15 is 0 Å². The van der Waals surface area contributed by atoms with Crippen LogP contribution in [0.3, 0.4) is 0 Å². The SMILES string of the molecule is CCNc1cc(C(F)(F)F)cc(NC(CO)C(C)C)n1. The molecule has 1 heterocycles. The molecule has 0 bridgehead atoms. The average Bonchev–Trinajstić information content (AvgIpc) is 2.34. The van der Waals surface area contributed by atoms with E-state index in [1.165, 1.54) is 0 Å². The van der Waals surface area contributed by atoms with Crippen LogP contribution < -0.4 is 10.6 Å². The van der Waals surface area contributed by atoms with Crippen LogP contribution in [-0.2, 0) is 6.18 Å². The molecular formula is C13H20F3N3O. The molecule has 1 aromatic heterocycles. The molecule has 0 saturated carbocycles. The first-order valence-corrected chi connectivity index (χ1v) is 6.48. The molecule has 4 nitrogen and oxygen atoms in total. The number of nitrogens with one attached hydrogen (secondary N) is 2. The maximum Gasteiger partial charge on any atom is 0.416 e. The highest BCUT2D eigenvalue weighted by Gasteiger charge is 2.32. The first-order chi connectivity index (χ1) is 9.27. The van der Waals surface area contributed by atoms with Crippen molar-refractivity contribution in [3.63, 3.8) is 0 Å². The first-order valence-electron chi connectivity index (χ1n) is 6.48. The smallest absolute Gasteiger partial charge is 0.394 e. The van der Waals surface area contributed by atoms with Crippen molar-refractivity contribution in [2.75, 3.05) is 23.8 Å². The third-order valence-corrected chi connectivity index (χ3v) is 2.85. The molecule has 7 heteroatoms. The van der Waals surface area contributed by atoms with Gasteiger partial charge in [-0.25, -0.2) is 4.98 Å². The molecule has 1 aromatic rings. The molecule has 20 heavy (non-hydrogen) atoms. The van der Waals surface area contributed by atoms with E-state index in [9.17, 15) is 18.3 Å². The molecule has 0 aliphatic rings. The molecule has 0 spiro atoms. The lowest BCUT2D eigenvalue weighted by atomic mass is 10.1. The van der Waals surface area contributed by atoms with Gasteiger partial charge in [-0.2, -0.15) is 13.2 Å². The van der Waals surface area contributed by atoms with Crippen molar-refractivity contribution in [1.82, 2.24) is 4.98 Å². The van der Waals surface area contributed by atoms with Gasteiger partial charge in [0.25, 0.3) is 0 Å². The summed E-state index contributed by atoms with van der Waals surface area (Å²) in [5.41, 5.74) is -0.772. The molecule has 0 amide bonds. The van der Waals surface area contributed by atoms with Gasteiger partial charge in [-0.15, -0.1) is 0 Å². The number of aromatic nitrogens is 1. The van der Waals surface area contributed by atoms with Crippen LogP contribution in [0.2, 0.25) is 0 Å². The Kier molecular flexibility index (Phi) is 5.62. The molecule has 0 aromatic carbocycles. The molecule has 1 rings (SSSR count). The zero-order valence-electron chi connectivity index (χ0n) is 11.8. The Morgan fingerprint density at radius 1 is 1.25 bits per heavy atom. The second-order valence-electron chi connectivity index (χ2n) is 4.83. The number of nitrogens with zero attached hydrogens (tertiary/aromatic N) is 1. The molecular weight excluding hydrogens is 271 g/mol. The summed E-state index contributed by atoms with van der Waals surface area (Å²) in [6, 6.07) is 1.57. The largest absolute Gasteiger partial charge is 0.416 e. The lowest BCUT2D eigenvalue weighted by Crippen LogP contribution is -2.30. The number of anilines is 2. The number of hydrogen-bond donors (Lipinski definition) is 3. The van der Waals surface area contributed by atoms with Gasteiger partial charge in [-0.1, -0.05) is 13.8 Å². The monoisotopic (exact) mass is 291 g/mol. The van der Waals surface area contributed by atoms with Crippen LogP contribution in [-0.4, -0.2) is 29.3 Å². The van der Waals surface area contributed by atoms with E-state index in [1.807, 2.05) is 13.8 Å². The summed E-state index contributed by atoms with van der Waals surface area (Å²) in [7, 11) is 0. The number of hydrogen-bond acceptors (Lipinski definition) is 4. The highest BCUT2D eigenvalue weighted by atomic mass is 19.4. The standard InChI is InChI=1S/C13H20F3N3O/c1-4-17-11-5-9(13(14,15)16)6-12(19-11)18-10(7-20)8(2)3/h5-6,8,10,20H,4,7H2,1-3H3,(H2,17,18,19). The van der Waals surface area contributed by atoms with Crippen LogP contribution in [0.1, 0.15) is 26.3 Å². The minimum absolute atomic E-state index is 0.0685.